The third-order valence-electron chi connectivity index (χ3n) is 3.21. The van der Waals surface area contributed by atoms with Crippen molar-refractivity contribution in [2.24, 2.45) is 7.05 Å². The van der Waals surface area contributed by atoms with Crippen LogP contribution in [0.2, 0.25) is 0 Å². The maximum Gasteiger partial charge on any atom is 0.204 e. The molecule has 3 aromatic rings. The van der Waals surface area contributed by atoms with Gasteiger partial charge in [-0.3, -0.25) is 0 Å². The van der Waals surface area contributed by atoms with Crippen molar-refractivity contribution in [1.82, 2.24) is 14.5 Å². The molecule has 5 heteroatoms. The van der Waals surface area contributed by atoms with E-state index in [4.69, 9.17) is 4.42 Å². The molecule has 0 unspecified atom stereocenters. The highest BCUT2D eigenvalue weighted by atomic mass is 32.2. The summed E-state index contributed by atoms with van der Waals surface area (Å²) < 4.78 is 7.82. The van der Waals surface area contributed by atoms with Crippen molar-refractivity contribution in [3.63, 3.8) is 0 Å². The van der Waals surface area contributed by atoms with Gasteiger partial charge in [0.1, 0.15) is 5.76 Å². The molecule has 0 aliphatic carbocycles. The second-order valence-electron chi connectivity index (χ2n) is 5.04. The summed E-state index contributed by atoms with van der Waals surface area (Å²) in [6.07, 6.45) is 1.81. The lowest BCUT2D eigenvalue weighted by molar-refractivity contribution is 0.453. The first-order valence-electron chi connectivity index (χ1n) is 6.64. The maximum atomic E-state index is 5.71. The van der Waals surface area contributed by atoms with Crippen molar-refractivity contribution < 1.29 is 4.42 Å². The van der Waals surface area contributed by atoms with Gasteiger partial charge in [0.25, 0.3) is 0 Å². The fourth-order valence-corrected chi connectivity index (χ4v) is 2.88. The van der Waals surface area contributed by atoms with Crippen molar-refractivity contribution in [3.8, 4) is 0 Å². The van der Waals surface area contributed by atoms with E-state index in [2.05, 4.69) is 34.4 Å². The number of oxazole rings is 1. The fraction of sp³-hybridized carbons (Fsp3) is 0.333. The zero-order valence-electron chi connectivity index (χ0n) is 11.8. The molecule has 0 spiro atoms. The topological polar surface area (TPSA) is 43.9 Å². The highest BCUT2D eigenvalue weighted by molar-refractivity contribution is 7.98. The number of aryl methyl sites for hydroxylation is 1. The van der Waals surface area contributed by atoms with Crippen LogP contribution in [0, 0.1) is 0 Å². The summed E-state index contributed by atoms with van der Waals surface area (Å²) in [6, 6.07) is 8.14. The minimum atomic E-state index is 0.372. The number of hydrogen-bond donors (Lipinski definition) is 0. The molecule has 3 rings (SSSR count). The Balaban J connectivity index is 1.77. The molecule has 0 atom stereocenters. The average Bonchev–Trinajstić information content (AvgIpc) is 3.03. The molecule has 104 valence electrons. The van der Waals surface area contributed by atoms with Gasteiger partial charge in [0.2, 0.25) is 5.89 Å². The molecule has 2 aromatic heterocycles. The molecule has 0 N–H and O–H groups in total. The van der Waals surface area contributed by atoms with E-state index in [0.717, 1.165) is 27.8 Å². The average molecular weight is 287 g/mol. The molecule has 4 nitrogen and oxygen atoms in total. The lowest BCUT2D eigenvalue weighted by Crippen LogP contribution is -1.91. The van der Waals surface area contributed by atoms with Gasteiger partial charge in [0, 0.05) is 13.0 Å². The van der Waals surface area contributed by atoms with Crippen LogP contribution in [0.4, 0.5) is 0 Å². The molecule has 1 aromatic carbocycles. The Morgan fingerprint density at radius 1 is 1.30 bits per heavy atom. The SMILES string of the molecule is CC(C)c1cnc(CSc2nc3ccccc3n2C)o1. The highest BCUT2D eigenvalue weighted by Gasteiger charge is 2.11. The van der Waals surface area contributed by atoms with Crippen LogP contribution in [0.1, 0.15) is 31.4 Å². The van der Waals surface area contributed by atoms with E-state index in [9.17, 15) is 0 Å². The van der Waals surface area contributed by atoms with Crippen molar-refractivity contribution in [2.75, 3.05) is 0 Å². The Hall–Kier alpha value is -1.75. The molecular formula is C15H17N3OS. The quantitative estimate of drug-likeness (QED) is 0.681. The van der Waals surface area contributed by atoms with Crippen LogP contribution in [0.15, 0.2) is 40.0 Å². The number of fused-ring (bicyclic) bond motifs is 1. The number of nitrogens with zero attached hydrogens (tertiary/aromatic N) is 3. The van der Waals surface area contributed by atoms with Gasteiger partial charge in [-0.1, -0.05) is 37.7 Å². The number of benzene rings is 1. The first-order chi connectivity index (χ1) is 9.65. The standard InChI is InChI=1S/C15H17N3OS/c1-10(2)13-8-16-14(19-13)9-20-15-17-11-6-4-5-7-12(11)18(15)3/h4-8,10H,9H2,1-3H3. The summed E-state index contributed by atoms with van der Waals surface area (Å²) >= 11 is 1.65. The van der Waals surface area contributed by atoms with Gasteiger partial charge < -0.3 is 8.98 Å². The van der Waals surface area contributed by atoms with Crippen LogP contribution in [-0.4, -0.2) is 14.5 Å². The van der Waals surface area contributed by atoms with Crippen LogP contribution in [-0.2, 0) is 12.8 Å². The molecule has 0 bridgehead atoms. The first kappa shape index (κ1) is 13.2. The summed E-state index contributed by atoms with van der Waals surface area (Å²) in [5.74, 6) is 2.76. The predicted molar refractivity (Wildman–Crippen MR) is 80.9 cm³/mol. The highest BCUT2D eigenvalue weighted by Crippen LogP contribution is 2.26. The zero-order valence-corrected chi connectivity index (χ0v) is 12.6. The molecule has 0 saturated heterocycles. The van der Waals surface area contributed by atoms with Gasteiger partial charge in [-0.15, -0.1) is 0 Å². The van der Waals surface area contributed by atoms with E-state index in [1.54, 1.807) is 11.8 Å². The summed E-state index contributed by atoms with van der Waals surface area (Å²) in [7, 11) is 2.03. The maximum absolute atomic E-state index is 5.71. The molecule has 2 heterocycles. The lowest BCUT2D eigenvalue weighted by Gasteiger charge is -2.00. The summed E-state index contributed by atoms with van der Waals surface area (Å²) in [6.45, 7) is 4.20. The number of imidazole rings is 1. The minimum absolute atomic E-state index is 0.372. The predicted octanol–water partition coefficient (Wildman–Crippen LogP) is 3.98. The van der Waals surface area contributed by atoms with Crippen LogP contribution in [0.25, 0.3) is 11.0 Å². The largest absolute Gasteiger partial charge is 0.445 e. The minimum Gasteiger partial charge on any atom is -0.445 e. The number of aromatic nitrogens is 3. The van der Waals surface area contributed by atoms with Crippen LogP contribution >= 0.6 is 11.8 Å². The van der Waals surface area contributed by atoms with Gasteiger partial charge in [0.05, 0.1) is 23.0 Å². The van der Waals surface area contributed by atoms with E-state index in [1.807, 2.05) is 31.4 Å². The third-order valence-corrected chi connectivity index (χ3v) is 4.23. The van der Waals surface area contributed by atoms with Crippen molar-refractivity contribution in [1.29, 1.82) is 0 Å². The molecule has 0 amide bonds. The molecule has 20 heavy (non-hydrogen) atoms. The van der Waals surface area contributed by atoms with Gasteiger partial charge in [-0.25, -0.2) is 9.97 Å². The molecule has 0 aliphatic rings. The molecular weight excluding hydrogens is 270 g/mol. The lowest BCUT2D eigenvalue weighted by atomic mass is 10.2. The third kappa shape index (κ3) is 2.45. The first-order valence-corrected chi connectivity index (χ1v) is 7.62. The Morgan fingerprint density at radius 3 is 2.80 bits per heavy atom. The van der Waals surface area contributed by atoms with Crippen LogP contribution in [0.3, 0.4) is 0 Å². The van der Waals surface area contributed by atoms with Gasteiger partial charge >= 0.3 is 0 Å². The van der Waals surface area contributed by atoms with E-state index in [0.29, 0.717) is 11.7 Å². The van der Waals surface area contributed by atoms with Gasteiger partial charge in [-0.2, -0.15) is 0 Å². The summed E-state index contributed by atoms with van der Waals surface area (Å²) in [5, 5.41) is 0.982. The Bertz CT molecular complexity index is 730. The molecule has 0 aliphatic heterocycles. The smallest absolute Gasteiger partial charge is 0.204 e. The summed E-state index contributed by atoms with van der Waals surface area (Å²) in [5.41, 5.74) is 2.16. The van der Waals surface area contributed by atoms with E-state index in [1.165, 1.54) is 0 Å². The summed E-state index contributed by atoms with van der Waals surface area (Å²) in [4.78, 5) is 8.94. The van der Waals surface area contributed by atoms with Crippen molar-refractivity contribution in [3.05, 3.63) is 42.1 Å². The van der Waals surface area contributed by atoms with E-state index in [-0.39, 0.29) is 0 Å². The Kier molecular flexibility index (Phi) is 3.53. The fourth-order valence-electron chi connectivity index (χ4n) is 2.04. The zero-order chi connectivity index (χ0) is 14.1. The number of thioether (sulfide) groups is 1. The Labute approximate surface area is 122 Å². The second-order valence-corrected chi connectivity index (χ2v) is 5.98. The van der Waals surface area contributed by atoms with Crippen LogP contribution < -0.4 is 0 Å². The monoisotopic (exact) mass is 287 g/mol. The van der Waals surface area contributed by atoms with Gasteiger partial charge in [0.15, 0.2) is 5.16 Å². The van der Waals surface area contributed by atoms with Crippen LogP contribution in [0.5, 0.6) is 0 Å². The van der Waals surface area contributed by atoms with E-state index < -0.39 is 0 Å². The Morgan fingerprint density at radius 2 is 2.10 bits per heavy atom. The molecule has 0 saturated carbocycles. The van der Waals surface area contributed by atoms with Crippen molar-refractivity contribution >= 4 is 22.8 Å². The van der Waals surface area contributed by atoms with Crippen molar-refractivity contribution in [2.45, 2.75) is 30.7 Å². The normalized spacial score (nSPS) is 11.6. The number of hydrogen-bond acceptors (Lipinski definition) is 4. The van der Waals surface area contributed by atoms with Gasteiger partial charge in [-0.05, 0) is 12.1 Å². The van der Waals surface area contributed by atoms with E-state index >= 15 is 0 Å². The number of para-hydroxylation sites is 2. The molecule has 0 radical (unpaired) electrons. The number of rotatable bonds is 4. The second kappa shape index (κ2) is 5.32. The molecule has 0 fully saturated rings.